The summed E-state index contributed by atoms with van der Waals surface area (Å²) in [5, 5.41) is 18.6. The maximum atomic E-state index is 12.4. The van der Waals surface area contributed by atoms with Gasteiger partial charge in [-0.2, -0.15) is 0 Å². The van der Waals surface area contributed by atoms with Gasteiger partial charge in [0.05, 0.1) is 22.0 Å². The summed E-state index contributed by atoms with van der Waals surface area (Å²) in [4.78, 5) is 18.6. The van der Waals surface area contributed by atoms with Crippen molar-refractivity contribution in [2.75, 3.05) is 4.90 Å². The molecule has 2 aromatic carbocycles. The molecule has 2 atom stereocenters. The molecule has 0 aliphatic carbocycles. The van der Waals surface area contributed by atoms with Gasteiger partial charge in [-0.05, 0) is 29.8 Å². The lowest BCUT2D eigenvalue weighted by atomic mass is 9.94. The zero-order valence-electron chi connectivity index (χ0n) is 14.7. The van der Waals surface area contributed by atoms with Gasteiger partial charge in [0.25, 0.3) is 0 Å². The Morgan fingerprint density at radius 1 is 1.10 bits per heavy atom. The first-order chi connectivity index (χ1) is 14.1. The highest BCUT2D eigenvalue weighted by atomic mass is 35.5. The minimum absolute atomic E-state index is 0.169. The van der Waals surface area contributed by atoms with Gasteiger partial charge in [0.15, 0.2) is 4.34 Å². The van der Waals surface area contributed by atoms with E-state index in [1.807, 2.05) is 18.2 Å². The van der Waals surface area contributed by atoms with Crippen LogP contribution in [0.1, 0.15) is 16.6 Å². The van der Waals surface area contributed by atoms with E-state index < -0.39 is 5.38 Å². The Balaban J connectivity index is 1.32. The average molecular weight is 461 g/mol. The summed E-state index contributed by atoms with van der Waals surface area (Å²) in [5.41, 5.74) is 1.84. The number of alkyl halides is 1. The Morgan fingerprint density at radius 2 is 1.90 bits per heavy atom. The summed E-state index contributed by atoms with van der Waals surface area (Å²) >= 11 is 10.9. The van der Waals surface area contributed by atoms with Crippen molar-refractivity contribution in [2.24, 2.45) is 0 Å². The number of hydrogen-bond donors (Lipinski definition) is 1. The molecule has 1 fully saturated rings. The SMILES string of the molecule is O=C1C(Cl)C(c2ccc(O)cc2)N1c1nnc(CSc2nc3ccccc3s2)s1. The van der Waals surface area contributed by atoms with Crippen molar-refractivity contribution < 1.29 is 9.90 Å². The Kier molecular flexibility index (Phi) is 4.91. The lowest BCUT2D eigenvalue weighted by Crippen LogP contribution is -2.56. The van der Waals surface area contributed by atoms with Crippen LogP contribution < -0.4 is 4.90 Å². The number of halogens is 1. The van der Waals surface area contributed by atoms with Crippen LogP contribution >= 0.6 is 46.0 Å². The first kappa shape index (κ1) is 18.8. The molecule has 4 aromatic rings. The zero-order chi connectivity index (χ0) is 20.0. The molecule has 6 nitrogen and oxygen atoms in total. The second kappa shape index (κ2) is 7.56. The topological polar surface area (TPSA) is 79.2 Å². The van der Waals surface area contributed by atoms with E-state index in [0.717, 1.165) is 25.1 Å². The summed E-state index contributed by atoms with van der Waals surface area (Å²) in [7, 11) is 0. The second-order valence-corrected chi connectivity index (χ2v) is 10.1. The third-order valence-electron chi connectivity index (χ3n) is 4.52. The number of fused-ring (bicyclic) bond motifs is 1. The van der Waals surface area contributed by atoms with Crippen molar-refractivity contribution in [2.45, 2.75) is 21.5 Å². The second-order valence-electron chi connectivity index (χ2n) is 6.36. The predicted molar refractivity (Wildman–Crippen MR) is 117 cm³/mol. The first-order valence-corrected chi connectivity index (χ1v) is 11.7. The summed E-state index contributed by atoms with van der Waals surface area (Å²) in [6, 6.07) is 14.4. The maximum absolute atomic E-state index is 12.4. The number of aromatic hydroxyl groups is 1. The molecular formula is C19H13ClN4O2S3. The fourth-order valence-corrected chi connectivity index (χ4v) is 6.39. The highest BCUT2D eigenvalue weighted by Crippen LogP contribution is 2.44. The number of phenols is 1. The van der Waals surface area contributed by atoms with Crippen LogP contribution in [0.5, 0.6) is 5.75 Å². The van der Waals surface area contributed by atoms with Gasteiger partial charge >= 0.3 is 0 Å². The lowest BCUT2D eigenvalue weighted by Gasteiger charge is -2.42. The van der Waals surface area contributed by atoms with Gasteiger partial charge in [0, 0.05) is 0 Å². The van der Waals surface area contributed by atoms with Gasteiger partial charge in [-0.1, -0.05) is 47.4 Å². The monoisotopic (exact) mass is 460 g/mol. The van der Waals surface area contributed by atoms with Crippen LogP contribution in [0.2, 0.25) is 0 Å². The molecule has 3 heterocycles. The quantitative estimate of drug-likeness (QED) is 0.261. The molecule has 1 N–H and O–H groups in total. The fourth-order valence-electron chi connectivity index (χ4n) is 3.09. The van der Waals surface area contributed by atoms with E-state index in [-0.39, 0.29) is 17.7 Å². The van der Waals surface area contributed by atoms with Crippen molar-refractivity contribution in [1.29, 1.82) is 0 Å². The Hall–Kier alpha value is -2.20. The van der Waals surface area contributed by atoms with E-state index in [1.54, 1.807) is 52.3 Å². The van der Waals surface area contributed by atoms with Crippen molar-refractivity contribution >= 4 is 67.3 Å². The minimum atomic E-state index is -0.649. The lowest BCUT2D eigenvalue weighted by molar-refractivity contribution is -0.123. The molecule has 5 rings (SSSR count). The highest BCUT2D eigenvalue weighted by molar-refractivity contribution is 8.00. The third kappa shape index (κ3) is 3.48. The van der Waals surface area contributed by atoms with Crippen LogP contribution in [-0.2, 0) is 10.5 Å². The maximum Gasteiger partial charge on any atom is 0.250 e. The Morgan fingerprint density at radius 3 is 2.69 bits per heavy atom. The molecule has 1 aliphatic heterocycles. The van der Waals surface area contributed by atoms with Crippen molar-refractivity contribution in [3.8, 4) is 5.75 Å². The number of hydrogen-bond acceptors (Lipinski definition) is 8. The van der Waals surface area contributed by atoms with E-state index >= 15 is 0 Å². The number of carbonyl (C=O) groups is 1. The molecule has 2 unspecified atom stereocenters. The number of β-lactam (4-membered cyclic amide) rings is 1. The standard InChI is InChI=1S/C19H13ClN4O2S3/c20-15-16(10-5-7-11(25)8-6-10)24(17(15)26)18-23-22-14(29-18)9-27-19-21-12-3-1-2-4-13(12)28-19/h1-8,15-16,25H,9H2. The van der Waals surface area contributed by atoms with E-state index in [2.05, 4.69) is 21.2 Å². The van der Waals surface area contributed by atoms with Crippen molar-refractivity contribution in [1.82, 2.24) is 15.2 Å². The molecule has 1 amide bonds. The molecule has 1 saturated heterocycles. The summed E-state index contributed by atoms with van der Waals surface area (Å²) < 4.78 is 2.13. The van der Waals surface area contributed by atoms with Gasteiger partial charge in [0.2, 0.25) is 11.0 Å². The number of phenolic OH excluding ortho intramolecular Hbond substituents is 1. The number of anilines is 1. The fraction of sp³-hybridized carbons (Fsp3) is 0.158. The highest BCUT2D eigenvalue weighted by Gasteiger charge is 2.49. The van der Waals surface area contributed by atoms with Crippen molar-refractivity contribution in [3.05, 3.63) is 59.1 Å². The molecule has 0 spiro atoms. The van der Waals surface area contributed by atoms with Crippen LogP contribution in [0.25, 0.3) is 10.2 Å². The predicted octanol–water partition coefficient (Wildman–Crippen LogP) is 4.84. The number of nitrogens with zero attached hydrogens (tertiary/aromatic N) is 4. The molecule has 146 valence electrons. The van der Waals surface area contributed by atoms with Gasteiger partial charge in [-0.3, -0.25) is 9.69 Å². The number of thiazole rings is 1. The average Bonchev–Trinajstić information content (AvgIpc) is 3.37. The summed E-state index contributed by atoms with van der Waals surface area (Å²) in [6.07, 6.45) is 0. The molecule has 0 radical (unpaired) electrons. The van der Waals surface area contributed by atoms with Crippen LogP contribution in [0.3, 0.4) is 0 Å². The molecular weight excluding hydrogens is 448 g/mol. The Labute approximate surface area is 183 Å². The number of amides is 1. The number of benzene rings is 2. The number of thioether (sulfide) groups is 1. The molecule has 2 aromatic heterocycles. The first-order valence-electron chi connectivity index (χ1n) is 8.67. The van der Waals surface area contributed by atoms with Gasteiger partial charge in [0.1, 0.15) is 16.1 Å². The van der Waals surface area contributed by atoms with Gasteiger partial charge < -0.3 is 5.11 Å². The van der Waals surface area contributed by atoms with E-state index in [9.17, 15) is 9.90 Å². The van der Waals surface area contributed by atoms with Crippen LogP contribution in [0, 0.1) is 0 Å². The van der Waals surface area contributed by atoms with Crippen LogP contribution in [-0.4, -0.2) is 31.6 Å². The number of rotatable bonds is 5. The minimum Gasteiger partial charge on any atom is -0.508 e. The van der Waals surface area contributed by atoms with E-state index in [4.69, 9.17) is 11.6 Å². The van der Waals surface area contributed by atoms with Crippen LogP contribution in [0.15, 0.2) is 52.9 Å². The van der Waals surface area contributed by atoms with Gasteiger partial charge in [-0.15, -0.1) is 33.1 Å². The molecule has 29 heavy (non-hydrogen) atoms. The van der Waals surface area contributed by atoms with Crippen LogP contribution in [0.4, 0.5) is 5.13 Å². The molecule has 1 aliphatic rings. The molecule has 10 heteroatoms. The number of aromatic nitrogens is 3. The summed E-state index contributed by atoms with van der Waals surface area (Å²) in [5.74, 6) is 0.613. The van der Waals surface area contributed by atoms with E-state index in [0.29, 0.717) is 10.9 Å². The summed E-state index contributed by atoms with van der Waals surface area (Å²) in [6.45, 7) is 0. The third-order valence-corrected chi connectivity index (χ3v) is 8.24. The van der Waals surface area contributed by atoms with Crippen molar-refractivity contribution in [3.63, 3.8) is 0 Å². The Bertz CT molecular complexity index is 1160. The normalized spacial score (nSPS) is 18.9. The molecule has 0 saturated carbocycles. The molecule has 0 bridgehead atoms. The van der Waals surface area contributed by atoms with Gasteiger partial charge in [-0.25, -0.2) is 4.98 Å². The smallest absolute Gasteiger partial charge is 0.250 e. The largest absolute Gasteiger partial charge is 0.508 e. The zero-order valence-corrected chi connectivity index (χ0v) is 17.9. The van der Waals surface area contributed by atoms with E-state index in [1.165, 1.54) is 11.3 Å². The number of carbonyl (C=O) groups excluding carboxylic acids is 1. The number of para-hydroxylation sites is 1.